The highest BCUT2D eigenvalue weighted by molar-refractivity contribution is 7.92. The van der Waals surface area contributed by atoms with Gasteiger partial charge < -0.3 is 14.7 Å². The minimum absolute atomic E-state index is 0.0798. The van der Waals surface area contributed by atoms with Gasteiger partial charge in [0.1, 0.15) is 17.7 Å². The number of amides is 1. The molecule has 1 aliphatic heterocycles. The molecule has 0 aliphatic carbocycles. The summed E-state index contributed by atoms with van der Waals surface area (Å²) < 4.78 is 76.0. The molecular weight excluding hydrogens is 597 g/mol. The topological polar surface area (TPSA) is 133 Å². The van der Waals surface area contributed by atoms with Gasteiger partial charge in [0, 0.05) is 30.8 Å². The zero-order chi connectivity index (χ0) is 31.5. The van der Waals surface area contributed by atoms with Crippen LogP contribution in [-0.4, -0.2) is 75.9 Å². The number of hydrogen-bond acceptors (Lipinski definition) is 7. The van der Waals surface area contributed by atoms with Gasteiger partial charge in [-0.05, 0) is 68.4 Å². The minimum atomic E-state index is -4.00. The summed E-state index contributed by atoms with van der Waals surface area (Å²) in [4.78, 5) is 15.0. The van der Waals surface area contributed by atoms with Crippen molar-refractivity contribution in [1.29, 1.82) is 0 Å². The summed E-state index contributed by atoms with van der Waals surface area (Å²) in [5.41, 5.74) is 1.53. The van der Waals surface area contributed by atoms with Crippen molar-refractivity contribution in [3.05, 3.63) is 83.7 Å². The lowest BCUT2D eigenvalue weighted by molar-refractivity contribution is -0.134. The van der Waals surface area contributed by atoms with Gasteiger partial charge in [-0.2, -0.15) is 4.31 Å². The summed E-state index contributed by atoms with van der Waals surface area (Å²) in [5, 5.41) is 9.86. The number of halogens is 1. The van der Waals surface area contributed by atoms with E-state index in [0.717, 1.165) is 22.0 Å². The van der Waals surface area contributed by atoms with Crippen LogP contribution in [0.15, 0.2) is 76.5 Å². The van der Waals surface area contributed by atoms with Crippen molar-refractivity contribution in [3.63, 3.8) is 0 Å². The number of benzene rings is 3. The fourth-order valence-corrected chi connectivity index (χ4v) is 7.01. The van der Waals surface area contributed by atoms with E-state index in [9.17, 15) is 31.1 Å². The number of nitrogens with one attached hydrogen (secondary N) is 1. The van der Waals surface area contributed by atoms with Gasteiger partial charge in [0.25, 0.3) is 10.0 Å². The van der Waals surface area contributed by atoms with Crippen LogP contribution in [0.5, 0.6) is 5.75 Å². The molecule has 1 aliphatic rings. The first-order chi connectivity index (χ1) is 20.2. The first-order valence-electron chi connectivity index (χ1n) is 13.7. The first kappa shape index (κ1) is 32.4. The van der Waals surface area contributed by atoms with Crippen molar-refractivity contribution >= 4 is 31.6 Å². The number of ether oxygens (including phenoxy) is 1. The monoisotopic (exact) mass is 633 g/mol. The Morgan fingerprint density at radius 1 is 1.05 bits per heavy atom. The summed E-state index contributed by atoms with van der Waals surface area (Å²) in [7, 11) is -6.52. The molecule has 0 unspecified atom stereocenters. The van der Waals surface area contributed by atoms with E-state index in [4.69, 9.17) is 4.74 Å². The Kier molecular flexibility index (Phi) is 9.79. The number of aryl methyl sites for hydroxylation is 1. The molecule has 13 heteroatoms. The second-order valence-corrected chi connectivity index (χ2v) is 14.6. The molecule has 0 spiro atoms. The highest BCUT2D eigenvalue weighted by Gasteiger charge is 2.33. The van der Waals surface area contributed by atoms with E-state index >= 15 is 0 Å². The van der Waals surface area contributed by atoms with Crippen LogP contribution in [0.4, 0.5) is 10.1 Å². The number of aliphatic hydroxyl groups is 1. The Morgan fingerprint density at radius 3 is 2.30 bits per heavy atom. The zero-order valence-corrected chi connectivity index (χ0v) is 26.0. The summed E-state index contributed by atoms with van der Waals surface area (Å²) in [6.45, 7) is 5.17. The van der Waals surface area contributed by atoms with Gasteiger partial charge in [0.2, 0.25) is 15.9 Å². The molecule has 4 rings (SSSR count). The number of sulfonamides is 2. The second kappa shape index (κ2) is 13.0. The maximum atomic E-state index is 13.5. The summed E-state index contributed by atoms with van der Waals surface area (Å²) in [6, 6.07) is 15.0. The Labute approximate surface area is 252 Å². The van der Waals surface area contributed by atoms with Gasteiger partial charge in [-0.3, -0.25) is 9.52 Å². The van der Waals surface area contributed by atoms with E-state index in [2.05, 4.69) is 4.72 Å². The maximum Gasteiger partial charge on any atom is 0.261 e. The van der Waals surface area contributed by atoms with E-state index < -0.39 is 38.0 Å². The lowest BCUT2D eigenvalue weighted by Gasteiger charge is -2.33. The fourth-order valence-electron chi connectivity index (χ4n) is 4.78. The number of hydrogen-bond donors (Lipinski definition) is 2. The number of rotatable bonds is 9. The lowest BCUT2D eigenvalue weighted by Crippen LogP contribution is -2.48. The van der Waals surface area contributed by atoms with Crippen molar-refractivity contribution in [1.82, 2.24) is 9.21 Å². The number of anilines is 1. The largest absolute Gasteiger partial charge is 0.488 e. The Bertz CT molecular complexity index is 1660. The van der Waals surface area contributed by atoms with E-state index in [1.54, 1.807) is 25.1 Å². The average Bonchev–Trinajstić information content (AvgIpc) is 3.00. The van der Waals surface area contributed by atoms with Crippen molar-refractivity contribution in [2.75, 3.05) is 31.5 Å². The third-order valence-electron chi connectivity index (χ3n) is 7.46. The van der Waals surface area contributed by atoms with Crippen molar-refractivity contribution in [2.24, 2.45) is 5.92 Å². The van der Waals surface area contributed by atoms with Crippen LogP contribution in [0, 0.1) is 18.7 Å². The number of nitrogens with zero attached hydrogens (tertiary/aromatic N) is 2. The van der Waals surface area contributed by atoms with Crippen LogP contribution in [0.25, 0.3) is 0 Å². The SMILES string of the molecule is Cc1ccc(S(=O)(=O)Nc2ccc3c(c2)CC(=O)N([C@H](C)CO)C[C@H](C)[C@@H](CN(C)S(=O)(=O)c2ccc(F)cc2)O3)cc1. The van der Waals surface area contributed by atoms with Gasteiger partial charge in [0.05, 0.1) is 35.4 Å². The van der Waals surface area contributed by atoms with E-state index in [1.165, 1.54) is 48.3 Å². The van der Waals surface area contributed by atoms with Gasteiger partial charge in [-0.25, -0.2) is 21.2 Å². The number of carbonyl (C=O) groups excluding carboxylic acids is 1. The molecule has 0 aromatic heterocycles. The summed E-state index contributed by atoms with van der Waals surface area (Å²) in [6.07, 6.45) is -0.878. The van der Waals surface area contributed by atoms with Crippen LogP contribution in [0.3, 0.4) is 0 Å². The van der Waals surface area contributed by atoms with Gasteiger partial charge in [0.15, 0.2) is 0 Å². The van der Waals surface area contributed by atoms with E-state index in [0.29, 0.717) is 11.3 Å². The number of likely N-dealkylation sites (N-methyl/N-ethyl adjacent to an activating group) is 1. The maximum absolute atomic E-state index is 13.5. The fraction of sp³-hybridized carbons (Fsp3) is 0.367. The predicted octanol–water partition coefficient (Wildman–Crippen LogP) is 3.40. The molecule has 0 fully saturated rings. The normalized spacial score (nSPS) is 18.7. The molecule has 0 saturated carbocycles. The van der Waals surface area contributed by atoms with Crippen LogP contribution in [-0.2, 0) is 31.3 Å². The molecule has 2 N–H and O–H groups in total. The van der Waals surface area contributed by atoms with Gasteiger partial charge >= 0.3 is 0 Å². The number of aliphatic hydroxyl groups excluding tert-OH is 1. The lowest BCUT2D eigenvalue weighted by atomic mass is 10.0. The predicted molar refractivity (Wildman–Crippen MR) is 160 cm³/mol. The second-order valence-electron chi connectivity index (χ2n) is 10.9. The molecule has 0 radical (unpaired) electrons. The standard InChI is InChI=1S/C30H36FN3O7S2/c1-20-5-10-26(11-6-20)42(37,38)32-25-9-14-28-23(15-25)16-30(36)34(22(3)19-35)17-21(2)29(41-28)18-33(4)43(39,40)27-12-7-24(31)8-13-27/h5-15,21-22,29,32,35H,16-19H2,1-4H3/t21-,22+,29+/m0/s1. The van der Waals surface area contributed by atoms with Gasteiger partial charge in [-0.1, -0.05) is 24.6 Å². The summed E-state index contributed by atoms with van der Waals surface area (Å²) >= 11 is 0. The van der Waals surface area contributed by atoms with Crippen molar-refractivity contribution < 1.29 is 35.9 Å². The van der Waals surface area contributed by atoms with E-state index in [1.807, 2.05) is 13.8 Å². The van der Waals surface area contributed by atoms with E-state index in [-0.39, 0.29) is 53.4 Å². The molecule has 1 amide bonds. The van der Waals surface area contributed by atoms with Crippen LogP contribution in [0.2, 0.25) is 0 Å². The molecule has 3 aromatic carbocycles. The number of carbonyl (C=O) groups is 1. The molecule has 232 valence electrons. The summed E-state index contributed by atoms with van der Waals surface area (Å²) in [5.74, 6) is -0.941. The minimum Gasteiger partial charge on any atom is -0.488 e. The molecule has 10 nitrogen and oxygen atoms in total. The Hall–Kier alpha value is -3.52. The third-order valence-corrected chi connectivity index (χ3v) is 10.7. The van der Waals surface area contributed by atoms with Gasteiger partial charge in [-0.15, -0.1) is 0 Å². The molecular formula is C30H36FN3O7S2. The molecule has 0 bridgehead atoms. The molecule has 0 saturated heterocycles. The van der Waals surface area contributed by atoms with Crippen LogP contribution in [0.1, 0.15) is 25.0 Å². The highest BCUT2D eigenvalue weighted by atomic mass is 32.2. The average molecular weight is 634 g/mol. The molecule has 43 heavy (non-hydrogen) atoms. The van der Waals surface area contributed by atoms with Crippen LogP contribution < -0.4 is 9.46 Å². The zero-order valence-electron chi connectivity index (χ0n) is 24.4. The van der Waals surface area contributed by atoms with Crippen molar-refractivity contribution in [3.8, 4) is 5.75 Å². The molecule has 3 aromatic rings. The smallest absolute Gasteiger partial charge is 0.261 e. The number of fused-ring (bicyclic) bond motifs is 1. The quantitative estimate of drug-likeness (QED) is 0.369. The molecule has 1 heterocycles. The Morgan fingerprint density at radius 2 is 1.67 bits per heavy atom. The Balaban J connectivity index is 1.68. The van der Waals surface area contributed by atoms with Crippen LogP contribution >= 0.6 is 0 Å². The highest BCUT2D eigenvalue weighted by Crippen LogP contribution is 2.30. The first-order valence-corrected chi connectivity index (χ1v) is 16.6. The molecule has 3 atom stereocenters. The third kappa shape index (κ3) is 7.53. The van der Waals surface area contributed by atoms with Crippen molar-refractivity contribution in [2.45, 2.75) is 49.1 Å².